The number of carbonyl (C=O) groups is 1. The molecule has 0 aromatic heterocycles. The van der Waals surface area contributed by atoms with Gasteiger partial charge in [0.25, 0.3) is 0 Å². The Morgan fingerprint density at radius 3 is 2.61 bits per heavy atom. The van der Waals surface area contributed by atoms with E-state index in [0.29, 0.717) is 0 Å². The molecule has 0 saturated heterocycles. The van der Waals surface area contributed by atoms with Crippen LogP contribution in [0, 0.1) is 0 Å². The van der Waals surface area contributed by atoms with Crippen LogP contribution in [0.2, 0.25) is 0 Å². The number of hydrogen-bond acceptors (Lipinski definition) is 3. The van der Waals surface area contributed by atoms with E-state index < -0.39 is 5.38 Å². The van der Waals surface area contributed by atoms with Gasteiger partial charge in [0.1, 0.15) is 5.38 Å². The number of hydrogen-bond donors (Lipinski definition) is 1. The largest absolute Gasteiger partial charge is 0.326 e. The molecule has 0 aromatic rings. The van der Waals surface area contributed by atoms with Crippen LogP contribution in [0.5, 0.6) is 0 Å². The first kappa shape index (κ1) is 17.6. The molecule has 2 atom stereocenters. The van der Waals surface area contributed by atoms with Crippen molar-refractivity contribution in [1.82, 2.24) is 4.90 Å². The third-order valence-electron chi connectivity index (χ3n) is 2.80. The topological polar surface area (TPSA) is 46.3 Å². The van der Waals surface area contributed by atoms with Crippen molar-refractivity contribution in [3.63, 3.8) is 0 Å². The lowest BCUT2D eigenvalue weighted by molar-refractivity contribution is -0.114. The molecule has 0 aliphatic carbocycles. The van der Waals surface area contributed by atoms with Crippen LogP contribution in [0.25, 0.3) is 0 Å². The highest BCUT2D eigenvalue weighted by molar-refractivity contribution is 6.33. The molecule has 0 radical (unpaired) electrons. The third kappa shape index (κ3) is 8.67. The molecule has 0 aromatic carbocycles. The smallest absolute Gasteiger partial charge is 0.174 e. The maximum atomic E-state index is 11.7. The number of ketones is 1. The van der Waals surface area contributed by atoms with Gasteiger partial charge in [-0.2, -0.15) is 0 Å². The highest BCUT2D eigenvalue weighted by atomic mass is 35.5. The molecule has 4 heteroatoms. The van der Waals surface area contributed by atoms with Gasteiger partial charge < -0.3 is 10.6 Å². The maximum absolute atomic E-state index is 11.7. The highest BCUT2D eigenvalue weighted by Crippen LogP contribution is 2.10. The van der Waals surface area contributed by atoms with Crippen molar-refractivity contribution in [2.75, 3.05) is 20.6 Å². The van der Waals surface area contributed by atoms with Gasteiger partial charge in [-0.3, -0.25) is 4.79 Å². The lowest BCUT2D eigenvalue weighted by Crippen LogP contribution is -2.35. The van der Waals surface area contributed by atoms with Gasteiger partial charge in [0.15, 0.2) is 5.78 Å². The lowest BCUT2D eigenvalue weighted by atomic mass is 10.0. The quantitative estimate of drug-likeness (QED) is 0.378. The van der Waals surface area contributed by atoms with E-state index in [9.17, 15) is 4.79 Å². The number of carbonyl (C=O) groups excluding carboxylic acids is 1. The molecule has 0 aliphatic heterocycles. The molecule has 2 N–H and O–H groups in total. The summed E-state index contributed by atoms with van der Waals surface area (Å²) in [5, 5.41) is -0.582. The zero-order valence-electron chi connectivity index (χ0n) is 11.9. The molecule has 106 valence electrons. The van der Waals surface area contributed by atoms with E-state index in [-0.39, 0.29) is 11.8 Å². The molecular formula is C14H27ClN2O. The van der Waals surface area contributed by atoms with E-state index >= 15 is 0 Å². The monoisotopic (exact) mass is 274 g/mol. The molecule has 0 bridgehead atoms. The Balaban J connectivity index is 3.88. The summed E-state index contributed by atoms with van der Waals surface area (Å²) in [6.07, 6.45) is 8.33. The molecule has 0 spiro atoms. The number of nitrogens with two attached hydrogens (primary N) is 1. The summed E-state index contributed by atoms with van der Waals surface area (Å²) >= 11 is 6.05. The Labute approximate surface area is 116 Å². The summed E-state index contributed by atoms with van der Waals surface area (Å²) in [5.41, 5.74) is 5.88. The van der Waals surface area contributed by atoms with Crippen LogP contribution < -0.4 is 5.73 Å². The Kier molecular flexibility index (Phi) is 10.3. The maximum Gasteiger partial charge on any atom is 0.174 e. The number of halogens is 1. The zero-order chi connectivity index (χ0) is 14.0. The number of allylic oxidation sites excluding steroid dienone is 2. The number of nitrogens with zero attached hydrogens (tertiary/aromatic N) is 1. The molecule has 0 fully saturated rings. The molecular weight excluding hydrogens is 248 g/mol. The van der Waals surface area contributed by atoms with Gasteiger partial charge in [-0.25, -0.2) is 0 Å². The van der Waals surface area contributed by atoms with Crippen LogP contribution >= 0.6 is 11.6 Å². The number of unbranched alkanes of at least 4 members (excludes halogenated alkanes) is 2. The van der Waals surface area contributed by atoms with Crippen molar-refractivity contribution in [2.45, 2.75) is 50.4 Å². The average Bonchev–Trinajstić information content (AvgIpc) is 2.33. The van der Waals surface area contributed by atoms with Gasteiger partial charge in [0.05, 0.1) is 0 Å². The van der Waals surface area contributed by atoms with Crippen LogP contribution in [0.1, 0.15) is 39.0 Å². The second-order valence-corrected chi connectivity index (χ2v) is 5.43. The fourth-order valence-electron chi connectivity index (χ4n) is 1.61. The Hall–Kier alpha value is -0.380. The van der Waals surface area contributed by atoms with Crippen molar-refractivity contribution in [1.29, 1.82) is 0 Å². The summed E-state index contributed by atoms with van der Waals surface area (Å²) < 4.78 is 0. The minimum absolute atomic E-state index is 0.0647. The van der Waals surface area contributed by atoms with Crippen LogP contribution in [-0.4, -0.2) is 42.7 Å². The first-order valence-corrected chi connectivity index (χ1v) is 7.17. The van der Waals surface area contributed by atoms with Crippen LogP contribution in [0.3, 0.4) is 0 Å². The van der Waals surface area contributed by atoms with Gasteiger partial charge in [-0.1, -0.05) is 25.8 Å². The fraction of sp³-hybridized carbons (Fsp3) is 0.786. The molecule has 18 heavy (non-hydrogen) atoms. The second kappa shape index (κ2) is 10.5. The molecule has 0 amide bonds. The predicted octanol–water partition coefficient (Wildman–Crippen LogP) is 2.58. The van der Waals surface area contributed by atoms with Gasteiger partial charge in [0.2, 0.25) is 0 Å². The number of alkyl halides is 1. The van der Waals surface area contributed by atoms with Crippen LogP contribution in [-0.2, 0) is 4.79 Å². The first-order chi connectivity index (χ1) is 8.49. The Morgan fingerprint density at radius 1 is 1.39 bits per heavy atom. The van der Waals surface area contributed by atoms with Crippen LogP contribution in [0.4, 0.5) is 0 Å². The van der Waals surface area contributed by atoms with Crippen molar-refractivity contribution in [3.05, 3.63) is 12.2 Å². The average molecular weight is 275 g/mol. The van der Waals surface area contributed by atoms with Crippen molar-refractivity contribution in [3.8, 4) is 0 Å². The molecule has 0 rings (SSSR count). The summed E-state index contributed by atoms with van der Waals surface area (Å²) in [6.45, 7) is 3.13. The molecule has 0 aliphatic rings. The van der Waals surface area contributed by atoms with Crippen LogP contribution in [0.15, 0.2) is 12.2 Å². The first-order valence-electron chi connectivity index (χ1n) is 6.73. The second-order valence-electron chi connectivity index (χ2n) is 4.96. The summed E-state index contributed by atoms with van der Waals surface area (Å²) in [4.78, 5) is 13.9. The Bertz CT molecular complexity index is 254. The van der Waals surface area contributed by atoms with E-state index in [2.05, 4.69) is 11.8 Å². The molecule has 2 unspecified atom stereocenters. The zero-order valence-corrected chi connectivity index (χ0v) is 12.6. The van der Waals surface area contributed by atoms with Gasteiger partial charge >= 0.3 is 0 Å². The van der Waals surface area contributed by atoms with E-state index in [1.807, 2.05) is 20.2 Å². The predicted molar refractivity (Wildman–Crippen MR) is 79.1 cm³/mol. The van der Waals surface area contributed by atoms with E-state index in [1.165, 1.54) is 0 Å². The van der Waals surface area contributed by atoms with Gasteiger partial charge in [0, 0.05) is 6.04 Å². The van der Waals surface area contributed by atoms with Gasteiger partial charge in [-0.05, 0) is 46.0 Å². The minimum atomic E-state index is -0.582. The molecule has 3 nitrogen and oxygen atoms in total. The SMILES string of the molecule is CCCCC(N)C(Cl)C(=O)C=CCCCN(C)C. The molecule has 0 heterocycles. The Morgan fingerprint density at radius 2 is 2.06 bits per heavy atom. The van der Waals surface area contributed by atoms with Crippen molar-refractivity contribution in [2.24, 2.45) is 5.73 Å². The fourth-order valence-corrected chi connectivity index (χ4v) is 1.81. The third-order valence-corrected chi connectivity index (χ3v) is 3.34. The van der Waals surface area contributed by atoms with Gasteiger partial charge in [-0.15, -0.1) is 11.6 Å². The standard InChI is InChI=1S/C14H27ClN2O/c1-4-5-9-12(16)14(15)13(18)10-7-6-8-11-17(2)3/h7,10,12,14H,4-6,8-9,11,16H2,1-3H3. The minimum Gasteiger partial charge on any atom is -0.326 e. The van der Waals surface area contributed by atoms with E-state index in [4.69, 9.17) is 17.3 Å². The molecule has 0 saturated carbocycles. The van der Waals surface area contributed by atoms with Crippen molar-refractivity contribution >= 4 is 17.4 Å². The highest BCUT2D eigenvalue weighted by Gasteiger charge is 2.20. The summed E-state index contributed by atoms with van der Waals surface area (Å²) in [6, 6.07) is -0.231. The normalized spacial score (nSPS) is 15.2. The van der Waals surface area contributed by atoms with E-state index in [1.54, 1.807) is 6.08 Å². The summed E-state index contributed by atoms with van der Waals surface area (Å²) in [5.74, 6) is -0.0647. The lowest BCUT2D eigenvalue weighted by Gasteiger charge is -2.14. The number of rotatable bonds is 10. The van der Waals surface area contributed by atoms with Crippen molar-refractivity contribution < 1.29 is 4.79 Å². The summed E-state index contributed by atoms with van der Waals surface area (Å²) in [7, 11) is 4.08. The van der Waals surface area contributed by atoms with E-state index in [0.717, 1.165) is 38.6 Å².